The highest BCUT2D eigenvalue weighted by Crippen LogP contribution is 1.98. The molecule has 2 atom stereocenters. The van der Waals surface area contributed by atoms with E-state index in [2.05, 4.69) is 5.32 Å². The molecule has 0 fully saturated rings. The van der Waals surface area contributed by atoms with Crippen molar-refractivity contribution >= 4 is 0 Å². The molecule has 0 aromatic rings. The van der Waals surface area contributed by atoms with Gasteiger partial charge < -0.3 is 25.5 Å². The number of aliphatic hydroxyl groups excluding tert-OH is 2. The van der Waals surface area contributed by atoms with E-state index in [4.69, 9.17) is 5.11 Å². The van der Waals surface area contributed by atoms with E-state index in [1.807, 2.05) is 19.0 Å². The number of aliphatic hydroxyl groups is 3. The van der Waals surface area contributed by atoms with E-state index in [9.17, 15) is 10.2 Å². The summed E-state index contributed by atoms with van der Waals surface area (Å²) in [7, 11) is 3.76. The van der Waals surface area contributed by atoms with Crippen molar-refractivity contribution in [3.05, 3.63) is 0 Å². The molecule has 0 radical (unpaired) electrons. The first-order valence-electron chi connectivity index (χ1n) is 4.74. The molecule has 0 heterocycles. The lowest BCUT2D eigenvalue weighted by Crippen LogP contribution is -2.44. The van der Waals surface area contributed by atoms with E-state index in [1.54, 1.807) is 6.92 Å². The Labute approximate surface area is 85.4 Å². The molecule has 2 unspecified atom stereocenters. The normalized spacial score (nSPS) is 18.2. The van der Waals surface area contributed by atoms with Crippen molar-refractivity contribution in [1.29, 1.82) is 0 Å². The van der Waals surface area contributed by atoms with Gasteiger partial charge in [-0.3, -0.25) is 0 Å². The van der Waals surface area contributed by atoms with Crippen molar-refractivity contribution in [3.63, 3.8) is 0 Å². The molecule has 0 bridgehead atoms. The smallest absolute Gasteiger partial charge is 0.0972 e. The fraction of sp³-hybridized carbons (Fsp3) is 1.00. The Morgan fingerprint density at radius 2 is 2.00 bits per heavy atom. The summed E-state index contributed by atoms with van der Waals surface area (Å²) in [5.74, 6) is 0. The van der Waals surface area contributed by atoms with Crippen LogP contribution in [-0.4, -0.2) is 72.3 Å². The van der Waals surface area contributed by atoms with Crippen LogP contribution in [0.5, 0.6) is 0 Å². The van der Waals surface area contributed by atoms with E-state index in [1.165, 1.54) is 0 Å². The molecule has 5 heteroatoms. The zero-order valence-electron chi connectivity index (χ0n) is 9.19. The molecule has 0 saturated carbocycles. The van der Waals surface area contributed by atoms with Gasteiger partial charge in [0.1, 0.15) is 0 Å². The number of likely N-dealkylation sites (N-methyl/N-ethyl adjacent to an activating group) is 1. The highest BCUT2D eigenvalue weighted by molar-refractivity contribution is 4.75. The molecule has 0 aliphatic rings. The predicted octanol–water partition coefficient (Wildman–Crippen LogP) is -1.76. The Bertz CT molecular complexity index is 151. The van der Waals surface area contributed by atoms with Gasteiger partial charge in [-0.05, 0) is 21.0 Å². The van der Waals surface area contributed by atoms with Gasteiger partial charge in [0.25, 0.3) is 0 Å². The molecule has 0 aliphatic heterocycles. The van der Waals surface area contributed by atoms with Gasteiger partial charge in [-0.15, -0.1) is 0 Å². The third-order valence-electron chi connectivity index (χ3n) is 1.80. The number of hydrogen-bond donors (Lipinski definition) is 4. The van der Waals surface area contributed by atoms with Gasteiger partial charge in [0.05, 0.1) is 18.3 Å². The number of rotatable bonds is 7. The van der Waals surface area contributed by atoms with Crippen LogP contribution in [0.4, 0.5) is 0 Å². The van der Waals surface area contributed by atoms with E-state index >= 15 is 0 Å². The monoisotopic (exact) mass is 206 g/mol. The summed E-state index contributed by atoms with van der Waals surface area (Å²) < 4.78 is 0. The lowest BCUT2D eigenvalue weighted by molar-refractivity contribution is 0.000322. The molecule has 4 N–H and O–H groups in total. The summed E-state index contributed by atoms with van der Waals surface area (Å²) in [6.07, 6.45) is -0.459. The van der Waals surface area contributed by atoms with E-state index < -0.39 is 11.7 Å². The Kier molecular flexibility index (Phi) is 6.22. The first-order chi connectivity index (χ1) is 6.37. The molecular weight excluding hydrogens is 184 g/mol. The zero-order chi connectivity index (χ0) is 11.2. The predicted molar refractivity (Wildman–Crippen MR) is 55.1 cm³/mol. The average Bonchev–Trinajstić information content (AvgIpc) is 2.02. The molecule has 0 saturated heterocycles. The minimum atomic E-state index is -1.11. The molecule has 0 aromatic carbocycles. The van der Waals surface area contributed by atoms with Gasteiger partial charge in [0.2, 0.25) is 0 Å². The van der Waals surface area contributed by atoms with Gasteiger partial charge >= 0.3 is 0 Å². The second-order valence-electron chi connectivity index (χ2n) is 4.20. The number of nitrogens with one attached hydrogen (secondary N) is 1. The Hall–Kier alpha value is -0.200. The van der Waals surface area contributed by atoms with Crippen molar-refractivity contribution in [3.8, 4) is 0 Å². The third kappa shape index (κ3) is 7.23. The molecule has 5 nitrogen and oxygen atoms in total. The van der Waals surface area contributed by atoms with E-state index in [0.717, 1.165) is 0 Å². The summed E-state index contributed by atoms with van der Waals surface area (Å²) in [4.78, 5) is 1.89. The summed E-state index contributed by atoms with van der Waals surface area (Å²) in [6, 6.07) is 0. The lowest BCUT2D eigenvalue weighted by atomic mass is 10.1. The van der Waals surface area contributed by atoms with Crippen molar-refractivity contribution in [2.45, 2.75) is 18.6 Å². The number of nitrogens with zero attached hydrogens (tertiary/aromatic N) is 1. The van der Waals surface area contributed by atoms with Gasteiger partial charge in [-0.25, -0.2) is 0 Å². The molecule has 0 aromatic heterocycles. The summed E-state index contributed by atoms with van der Waals surface area (Å²) in [6.45, 7) is 2.51. The molecule has 14 heavy (non-hydrogen) atoms. The SMILES string of the molecule is CN(C)CC(O)CNCC(C)(O)CO. The summed E-state index contributed by atoms with van der Waals surface area (Å²) in [5.41, 5.74) is -1.11. The lowest BCUT2D eigenvalue weighted by Gasteiger charge is -2.22. The minimum Gasteiger partial charge on any atom is -0.393 e. The van der Waals surface area contributed by atoms with Crippen LogP contribution >= 0.6 is 0 Å². The Morgan fingerprint density at radius 1 is 1.43 bits per heavy atom. The van der Waals surface area contributed by atoms with Crippen LogP contribution in [0.15, 0.2) is 0 Å². The van der Waals surface area contributed by atoms with E-state index in [-0.39, 0.29) is 13.2 Å². The van der Waals surface area contributed by atoms with Crippen LogP contribution in [0.25, 0.3) is 0 Å². The maximum Gasteiger partial charge on any atom is 0.0972 e. The van der Waals surface area contributed by atoms with Crippen molar-refractivity contribution in [2.75, 3.05) is 40.3 Å². The molecule has 0 rings (SSSR count). The molecule has 0 amide bonds. The van der Waals surface area contributed by atoms with Crippen molar-refractivity contribution < 1.29 is 15.3 Å². The molecular formula is C9H22N2O3. The van der Waals surface area contributed by atoms with Crippen LogP contribution in [0.2, 0.25) is 0 Å². The van der Waals surface area contributed by atoms with Gasteiger partial charge in [-0.2, -0.15) is 0 Å². The van der Waals surface area contributed by atoms with Crippen LogP contribution in [0, 0.1) is 0 Å². The first-order valence-corrected chi connectivity index (χ1v) is 4.74. The van der Waals surface area contributed by atoms with Gasteiger partial charge in [0, 0.05) is 19.6 Å². The van der Waals surface area contributed by atoms with Crippen LogP contribution < -0.4 is 5.32 Å². The minimum absolute atomic E-state index is 0.272. The second kappa shape index (κ2) is 6.31. The first kappa shape index (κ1) is 13.8. The van der Waals surface area contributed by atoms with Crippen LogP contribution in [0.1, 0.15) is 6.92 Å². The highest BCUT2D eigenvalue weighted by Gasteiger charge is 2.18. The second-order valence-corrected chi connectivity index (χ2v) is 4.20. The third-order valence-corrected chi connectivity index (χ3v) is 1.80. The summed E-state index contributed by atoms with van der Waals surface area (Å²) in [5, 5.41) is 30.5. The van der Waals surface area contributed by atoms with Crippen molar-refractivity contribution in [1.82, 2.24) is 10.2 Å². The fourth-order valence-electron chi connectivity index (χ4n) is 1.05. The fourth-order valence-corrected chi connectivity index (χ4v) is 1.05. The maximum absolute atomic E-state index is 9.44. The van der Waals surface area contributed by atoms with Crippen LogP contribution in [0.3, 0.4) is 0 Å². The number of hydrogen-bond acceptors (Lipinski definition) is 5. The zero-order valence-corrected chi connectivity index (χ0v) is 9.19. The molecule has 0 aliphatic carbocycles. The Balaban J connectivity index is 3.53. The van der Waals surface area contributed by atoms with Gasteiger partial charge in [0.15, 0.2) is 0 Å². The summed E-state index contributed by atoms with van der Waals surface area (Å²) >= 11 is 0. The van der Waals surface area contributed by atoms with Crippen LogP contribution in [-0.2, 0) is 0 Å². The molecule has 86 valence electrons. The highest BCUT2D eigenvalue weighted by atomic mass is 16.3. The standard InChI is InChI=1S/C9H22N2O3/c1-9(14,7-12)6-10-4-8(13)5-11(2)3/h8,10,12-14H,4-7H2,1-3H3. The maximum atomic E-state index is 9.44. The van der Waals surface area contributed by atoms with E-state index in [0.29, 0.717) is 13.1 Å². The van der Waals surface area contributed by atoms with Gasteiger partial charge in [-0.1, -0.05) is 0 Å². The van der Waals surface area contributed by atoms with Crippen molar-refractivity contribution in [2.24, 2.45) is 0 Å². The average molecular weight is 206 g/mol. The quantitative estimate of drug-likeness (QED) is 0.397. The topological polar surface area (TPSA) is 76.0 Å². The largest absolute Gasteiger partial charge is 0.393 e. The Morgan fingerprint density at radius 3 is 2.43 bits per heavy atom. The molecule has 0 spiro atoms.